The molecule has 4 heterocycles. The van der Waals surface area contributed by atoms with E-state index in [9.17, 15) is 19.2 Å². The van der Waals surface area contributed by atoms with E-state index in [4.69, 9.17) is 24.2 Å². The van der Waals surface area contributed by atoms with Gasteiger partial charge in [0.25, 0.3) is 6.01 Å². The van der Waals surface area contributed by atoms with E-state index in [-0.39, 0.29) is 25.1 Å². The lowest BCUT2D eigenvalue weighted by atomic mass is 9.87. The zero-order valence-corrected chi connectivity index (χ0v) is 36.6. The molecule has 14 heteroatoms. The Labute approximate surface area is 352 Å². The smallest absolute Gasteiger partial charge is 0.408 e. The number of thiazole rings is 1. The minimum atomic E-state index is -1.22. The first-order chi connectivity index (χ1) is 28.2. The zero-order chi connectivity index (χ0) is 42.1. The molecule has 1 unspecified atom stereocenters. The Kier molecular flexibility index (Phi) is 12.8. The van der Waals surface area contributed by atoms with E-state index in [1.807, 2.05) is 25.1 Å². The number of nitrogens with one attached hydrogen (secondary N) is 2. The SMILES string of the molecule is CCOC(=O)[C@@]12CC1/C=C\CCCCC[C@H](NC(=O)OC(C)(C)C)C(=O)N1C[C@H](Oc3nc4c(-c5nc(C6CCCCC6)cs5)cccc4n3C(C)C)[C@@H](C)[C@H]1C(=O)N2. The van der Waals surface area contributed by atoms with Crippen LogP contribution in [-0.2, 0) is 23.9 Å². The Hall–Kier alpha value is -4.46. The topological polar surface area (TPSA) is 154 Å². The minimum absolute atomic E-state index is 0.0295. The largest absolute Gasteiger partial charge is 0.464 e. The highest BCUT2D eigenvalue weighted by atomic mass is 32.1. The zero-order valence-electron chi connectivity index (χ0n) is 35.8. The first-order valence-corrected chi connectivity index (χ1v) is 22.7. The third kappa shape index (κ3) is 9.17. The lowest BCUT2D eigenvalue weighted by Gasteiger charge is -2.31. The maximum absolute atomic E-state index is 14.8. The molecule has 4 aliphatic rings. The second-order valence-electron chi connectivity index (χ2n) is 18.2. The van der Waals surface area contributed by atoms with E-state index < -0.39 is 59.1 Å². The number of fused-ring (bicyclic) bond motifs is 3. The summed E-state index contributed by atoms with van der Waals surface area (Å²) in [7, 11) is 0. The Morgan fingerprint density at radius 2 is 1.80 bits per heavy atom. The third-order valence-corrected chi connectivity index (χ3v) is 13.2. The van der Waals surface area contributed by atoms with Gasteiger partial charge in [-0.05, 0) is 92.2 Å². The van der Waals surface area contributed by atoms with Crippen molar-refractivity contribution in [3.05, 3.63) is 41.4 Å². The lowest BCUT2D eigenvalue weighted by molar-refractivity contribution is -0.150. The fourth-order valence-electron chi connectivity index (χ4n) is 9.15. The molecule has 3 fully saturated rings. The number of imidazole rings is 1. The van der Waals surface area contributed by atoms with Crippen molar-refractivity contribution in [2.24, 2.45) is 11.8 Å². The van der Waals surface area contributed by atoms with Gasteiger partial charge in [-0.25, -0.2) is 14.6 Å². The molecular weight excluding hydrogens is 769 g/mol. The van der Waals surface area contributed by atoms with Gasteiger partial charge >= 0.3 is 12.1 Å². The molecule has 2 N–H and O–H groups in total. The summed E-state index contributed by atoms with van der Waals surface area (Å²) in [4.78, 5) is 67.9. The average molecular weight is 831 g/mol. The fourth-order valence-corrected chi connectivity index (χ4v) is 10.1. The van der Waals surface area contributed by atoms with Crippen molar-refractivity contribution in [3.8, 4) is 16.6 Å². The summed E-state index contributed by atoms with van der Waals surface area (Å²) in [6.45, 7) is 13.3. The molecule has 13 nitrogen and oxygen atoms in total. The van der Waals surface area contributed by atoms with Crippen LogP contribution in [0.5, 0.6) is 6.01 Å². The number of hydrogen-bond acceptors (Lipinski definition) is 10. The van der Waals surface area contributed by atoms with Gasteiger partial charge in [0, 0.05) is 34.7 Å². The molecule has 320 valence electrons. The van der Waals surface area contributed by atoms with Crippen LogP contribution in [0.25, 0.3) is 21.6 Å². The van der Waals surface area contributed by atoms with Gasteiger partial charge in [0.1, 0.15) is 39.9 Å². The molecule has 59 heavy (non-hydrogen) atoms. The van der Waals surface area contributed by atoms with E-state index in [2.05, 4.69) is 46.6 Å². The summed E-state index contributed by atoms with van der Waals surface area (Å²) in [5, 5.41) is 9.02. The Morgan fingerprint density at radius 1 is 1.05 bits per heavy atom. The number of benzene rings is 1. The van der Waals surface area contributed by atoms with Crippen LogP contribution in [0.2, 0.25) is 0 Å². The number of allylic oxidation sites excluding steroid dienone is 1. The molecule has 1 saturated heterocycles. The molecular formula is C45H62N6O7S. The number of nitrogens with zero attached hydrogens (tertiary/aromatic N) is 4. The first-order valence-electron chi connectivity index (χ1n) is 21.8. The van der Waals surface area contributed by atoms with Gasteiger partial charge in [0.15, 0.2) is 0 Å². The van der Waals surface area contributed by atoms with Crippen LogP contribution < -0.4 is 15.4 Å². The molecule has 0 bridgehead atoms. The number of hydrogen-bond donors (Lipinski definition) is 2. The van der Waals surface area contributed by atoms with Crippen molar-refractivity contribution in [1.82, 2.24) is 30.1 Å². The quantitative estimate of drug-likeness (QED) is 0.169. The summed E-state index contributed by atoms with van der Waals surface area (Å²) in [5.41, 5.74) is 1.78. The maximum atomic E-state index is 14.8. The number of para-hydroxylation sites is 1. The molecule has 6 atom stereocenters. The van der Waals surface area contributed by atoms with Crippen molar-refractivity contribution in [3.63, 3.8) is 0 Å². The number of carbonyl (C=O) groups excluding carboxylic acids is 4. The van der Waals surface area contributed by atoms with Crippen molar-refractivity contribution in [2.75, 3.05) is 13.2 Å². The highest BCUT2D eigenvalue weighted by Gasteiger charge is 2.63. The molecule has 0 spiro atoms. The monoisotopic (exact) mass is 830 g/mol. The molecule has 2 aliphatic carbocycles. The van der Waals surface area contributed by atoms with Crippen LogP contribution >= 0.6 is 11.3 Å². The van der Waals surface area contributed by atoms with Gasteiger partial charge in [-0.1, -0.05) is 57.2 Å². The van der Waals surface area contributed by atoms with Crippen LogP contribution in [0.3, 0.4) is 0 Å². The van der Waals surface area contributed by atoms with Gasteiger partial charge in [0.2, 0.25) is 11.8 Å². The standard InChI is InChI=1S/C45H62N6O7S/c1-8-56-41(54)45-24-30(45)20-15-10-9-11-16-22-32(47-43(55)58-44(5,6)7)40(53)50-25-35(28(4)37(50)38(52)49-45)57-42-48-36-31(21-17-23-34(36)51(42)27(2)3)39-46-33(26-59-39)29-18-13-12-14-19-29/h15,17,20-21,23,26-30,32,35,37H,8-14,16,18-19,22,24-25H2,1-7H3,(H,47,55)(H,49,52)/b20-15-/t28-,30?,32+,35+,37+,45-/m1/s1. The molecule has 1 aromatic carbocycles. The van der Waals surface area contributed by atoms with Crippen LogP contribution in [0, 0.1) is 11.8 Å². The Morgan fingerprint density at radius 3 is 2.53 bits per heavy atom. The number of aromatic nitrogens is 3. The van der Waals surface area contributed by atoms with Crippen LogP contribution in [0.15, 0.2) is 35.7 Å². The fraction of sp³-hybridized carbons (Fsp3) is 0.644. The third-order valence-electron chi connectivity index (χ3n) is 12.3. The van der Waals surface area contributed by atoms with Crippen molar-refractivity contribution < 1.29 is 33.4 Å². The summed E-state index contributed by atoms with van der Waals surface area (Å²) >= 11 is 1.65. The van der Waals surface area contributed by atoms with Gasteiger partial charge < -0.3 is 29.7 Å². The second kappa shape index (κ2) is 17.6. The number of rotatable bonds is 8. The highest BCUT2D eigenvalue weighted by molar-refractivity contribution is 7.13. The molecule has 7 rings (SSSR count). The van der Waals surface area contributed by atoms with E-state index in [0.717, 1.165) is 46.6 Å². The highest BCUT2D eigenvalue weighted by Crippen LogP contribution is 2.47. The van der Waals surface area contributed by atoms with Gasteiger partial charge in [-0.2, -0.15) is 4.98 Å². The Balaban J connectivity index is 1.23. The number of ether oxygens (including phenoxy) is 3. The predicted octanol–water partition coefficient (Wildman–Crippen LogP) is 8.23. The molecule has 2 aromatic heterocycles. The molecule has 3 aromatic rings. The Bertz CT molecular complexity index is 2050. The number of alkyl carbamates (subject to hydrolysis) is 1. The molecule has 2 saturated carbocycles. The van der Waals surface area contributed by atoms with Gasteiger partial charge in [-0.15, -0.1) is 11.3 Å². The normalized spacial score (nSPS) is 27.6. The average Bonchev–Trinajstić information content (AvgIpc) is 3.48. The molecule has 3 amide bonds. The second-order valence-corrected chi connectivity index (χ2v) is 19.0. The molecule has 2 aliphatic heterocycles. The lowest BCUT2D eigenvalue weighted by Crippen LogP contribution is -2.57. The van der Waals surface area contributed by atoms with E-state index >= 15 is 0 Å². The van der Waals surface area contributed by atoms with Crippen LogP contribution in [0.1, 0.15) is 137 Å². The van der Waals surface area contributed by atoms with Crippen molar-refractivity contribution in [2.45, 2.75) is 160 Å². The summed E-state index contributed by atoms with van der Waals surface area (Å²) < 4.78 is 20.0. The number of carbonyl (C=O) groups is 4. The molecule has 0 radical (unpaired) electrons. The van der Waals surface area contributed by atoms with Crippen LogP contribution in [-0.4, -0.2) is 85.8 Å². The summed E-state index contributed by atoms with van der Waals surface area (Å²) in [6.07, 6.45) is 12.8. The predicted molar refractivity (Wildman–Crippen MR) is 227 cm³/mol. The minimum Gasteiger partial charge on any atom is -0.464 e. The van der Waals surface area contributed by atoms with E-state index in [1.165, 1.54) is 37.0 Å². The number of amides is 3. The van der Waals surface area contributed by atoms with Gasteiger partial charge in [-0.3, -0.25) is 14.2 Å². The van der Waals surface area contributed by atoms with Crippen molar-refractivity contribution >= 4 is 46.2 Å². The number of esters is 1. The maximum Gasteiger partial charge on any atom is 0.408 e. The van der Waals surface area contributed by atoms with Crippen molar-refractivity contribution in [1.29, 1.82) is 0 Å². The summed E-state index contributed by atoms with van der Waals surface area (Å²) in [6, 6.07) is 4.52. The van der Waals surface area contributed by atoms with Gasteiger partial charge in [0.05, 0.1) is 24.4 Å². The van der Waals surface area contributed by atoms with E-state index in [1.54, 1.807) is 39.0 Å². The summed E-state index contributed by atoms with van der Waals surface area (Å²) in [5.74, 6) is -1.62. The first kappa shape index (κ1) is 42.7. The van der Waals surface area contributed by atoms with Crippen LogP contribution in [0.4, 0.5) is 4.79 Å². The van der Waals surface area contributed by atoms with E-state index in [0.29, 0.717) is 31.2 Å².